The largest absolute Gasteiger partial charge is 0.336 e. The highest BCUT2D eigenvalue weighted by atomic mass is 16.2. The number of amides is 2. The second kappa shape index (κ2) is 8.09. The number of urea groups is 1. The summed E-state index contributed by atoms with van der Waals surface area (Å²) in [5.74, 6) is 0. The monoisotopic (exact) mass is 342 g/mol. The molecule has 2 N–H and O–H groups in total. The summed E-state index contributed by atoms with van der Waals surface area (Å²) in [6.07, 6.45) is 13.9. The molecule has 1 unspecified atom stereocenters. The maximum Gasteiger partial charge on any atom is 0.315 e. The van der Waals surface area contributed by atoms with E-state index >= 15 is 0 Å². The van der Waals surface area contributed by atoms with Crippen LogP contribution < -0.4 is 10.6 Å². The molecular formula is C18H26N6O. The van der Waals surface area contributed by atoms with Crippen molar-refractivity contribution in [2.75, 3.05) is 0 Å². The van der Waals surface area contributed by atoms with Gasteiger partial charge in [0, 0.05) is 36.2 Å². The molecule has 134 valence electrons. The summed E-state index contributed by atoms with van der Waals surface area (Å²) in [6.45, 7) is 4.08. The van der Waals surface area contributed by atoms with Gasteiger partial charge in [-0.25, -0.2) is 4.79 Å². The number of aromatic nitrogens is 4. The minimum absolute atomic E-state index is 0.0539. The van der Waals surface area contributed by atoms with Crippen LogP contribution in [0.4, 0.5) is 4.79 Å². The number of nitrogens with one attached hydrogen (secondary N) is 2. The highest BCUT2D eigenvalue weighted by Gasteiger charge is 2.24. The fourth-order valence-electron chi connectivity index (χ4n) is 3.16. The van der Waals surface area contributed by atoms with Crippen LogP contribution in [0, 0.1) is 0 Å². The van der Waals surface area contributed by atoms with Gasteiger partial charge in [0.15, 0.2) is 0 Å². The molecule has 2 amide bonds. The Bertz CT molecular complexity index is 678. The number of carbonyl (C=O) groups excluding carboxylic acids is 1. The minimum Gasteiger partial charge on any atom is -0.336 e. The van der Waals surface area contributed by atoms with Crippen molar-refractivity contribution in [3.8, 4) is 11.3 Å². The van der Waals surface area contributed by atoms with Crippen molar-refractivity contribution < 1.29 is 4.79 Å². The van der Waals surface area contributed by atoms with E-state index in [0.717, 1.165) is 43.4 Å². The quantitative estimate of drug-likeness (QED) is 0.875. The normalized spacial score (nSPS) is 21.5. The van der Waals surface area contributed by atoms with E-state index in [1.54, 1.807) is 18.6 Å². The van der Waals surface area contributed by atoms with Crippen LogP contribution in [0.3, 0.4) is 0 Å². The molecule has 7 nitrogen and oxygen atoms in total. The molecule has 0 bridgehead atoms. The first-order valence-electron chi connectivity index (χ1n) is 9.03. The third kappa shape index (κ3) is 4.55. The van der Waals surface area contributed by atoms with Crippen LogP contribution in [0.15, 0.2) is 31.0 Å². The molecule has 1 atom stereocenters. The molecular weight excluding hydrogens is 316 g/mol. The summed E-state index contributed by atoms with van der Waals surface area (Å²) in [6, 6.07) is 0.776. The molecule has 0 aromatic carbocycles. The van der Waals surface area contributed by atoms with Crippen LogP contribution >= 0.6 is 0 Å². The average Bonchev–Trinajstić information content (AvgIpc) is 3.13. The highest BCUT2D eigenvalue weighted by molar-refractivity contribution is 5.74. The molecule has 2 aromatic rings. The van der Waals surface area contributed by atoms with Crippen LogP contribution in [0.1, 0.15) is 52.0 Å². The molecule has 0 saturated heterocycles. The van der Waals surface area contributed by atoms with Crippen LogP contribution in [0.2, 0.25) is 0 Å². The molecule has 1 fully saturated rings. The Morgan fingerprint density at radius 3 is 2.76 bits per heavy atom. The smallest absolute Gasteiger partial charge is 0.315 e. The van der Waals surface area contributed by atoms with E-state index in [9.17, 15) is 4.79 Å². The first kappa shape index (κ1) is 17.4. The molecule has 25 heavy (non-hydrogen) atoms. The topological polar surface area (TPSA) is 84.7 Å². The van der Waals surface area contributed by atoms with Gasteiger partial charge in [-0.2, -0.15) is 5.10 Å². The summed E-state index contributed by atoms with van der Waals surface area (Å²) in [5.41, 5.74) is 1.83. The molecule has 0 spiro atoms. The van der Waals surface area contributed by atoms with E-state index in [1.165, 1.54) is 0 Å². The Kier molecular flexibility index (Phi) is 5.63. The lowest BCUT2D eigenvalue weighted by Crippen LogP contribution is -2.46. The maximum atomic E-state index is 11.9. The number of carbonyl (C=O) groups is 1. The third-order valence-electron chi connectivity index (χ3n) is 4.86. The second-order valence-electron chi connectivity index (χ2n) is 6.73. The Morgan fingerprint density at radius 1 is 1.28 bits per heavy atom. The summed E-state index contributed by atoms with van der Waals surface area (Å²) in [5, 5.41) is 10.6. The molecule has 1 aliphatic carbocycles. The maximum absolute atomic E-state index is 11.9. The van der Waals surface area contributed by atoms with Crippen molar-refractivity contribution in [2.45, 2.75) is 64.1 Å². The molecule has 1 saturated carbocycles. The number of hydrogen-bond acceptors (Lipinski definition) is 4. The zero-order chi connectivity index (χ0) is 17.6. The van der Waals surface area contributed by atoms with Gasteiger partial charge in [0.1, 0.15) is 0 Å². The first-order valence-corrected chi connectivity index (χ1v) is 9.03. The molecule has 1 aliphatic rings. The van der Waals surface area contributed by atoms with Crippen molar-refractivity contribution in [1.29, 1.82) is 0 Å². The first-order chi connectivity index (χ1) is 12.2. The predicted molar refractivity (Wildman–Crippen MR) is 96.0 cm³/mol. The van der Waals surface area contributed by atoms with Gasteiger partial charge in [-0.1, -0.05) is 6.92 Å². The number of rotatable bonds is 5. The number of hydrogen-bond donors (Lipinski definition) is 2. The average molecular weight is 342 g/mol. The van der Waals surface area contributed by atoms with E-state index < -0.39 is 0 Å². The van der Waals surface area contributed by atoms with Gasteiger partial charge < -0.3 is 10.6 Å². The van der Waals surface area contributed by atoms with Gasteiger partial charge in [0.25, 0.3) is 0 Å². The van der Waals surface area contributed by atoms with Gasteiger partial charge in [-0.3, -0.25) is 14.6 Å². The molecule has 7 heteroatoms. The van der Waals surface area contributed by atoms with Crippen molar-refractivity contribution >= 4 is 6.03 Å². The van der Waals surface area contributed by atoms with E-state index in [2.05, 4.69) is 32.6 Å². The Labute approximate surface area is 148 Å². The van der Waals surface area contributed by atoms with E-state index in [-0.39, 0.29) is 18.1 Å². The fraction of sp³-hybridized carbons (Fsp3) is 0.556. The Hall–Kier alpha value is -2.44. The molecule has 3 rings (SSSR count). The summed E-state index contributed by atoms with van der Waals surface area (Å²) >= 11 is 0. The molecule has 0 radical (unpaired) electrons. The predicted octanol–water partition coefficient (Wildman–Crippen LogP) is 2.92. The molecule has 2 heterocycles. The lowest BCUT2D eigenvalue weighted by molar-refractivity contribution is 0.222. The Morgan fingerprint density at radius 2 is 2.08 bits per heavy atom. The third-order valence-corrected chi connectivity index (χ3v) is 4.86. The zero-order valence-corrected chi connectivity index (χ0v) is 14.9. The molecule has 2 aromatic heterocycles. The van der Waals surface area contributed by atoms with Crippen molar-refractivity contribution in [3.63, 3.8) is 0 Å². The lowest BCUT2D eigenvalue weighted by atomic mass is 9.91. The van der Waals surface area contributed by atoms with E-state index in [0.29, 0.717) is 6.04 Å². The van der Waals surface area contributed by atoms with Gasteiger partial charge in [-0.05, 0) is 39.0 Å². The van der Waals surface area contributed by atoms with Crippen molar-refractivity contribution in [2.24, 2.45) is 0 Å². The summed E-state index contributed by atoms with van der Waals surface area (Å²) < 4.78 is 2.03. The van der Waals surface area contributed by atoms with E-state index in [1.807, 2.05) is 24.0 Å². The van der Waals surface area contributed by atoms with Crippen molar-refractivity contribution in [1.82, 2.24) is 30.4 Å². The van der Waals surface area contributed by atoms with Gasteiger partial charge in [0.05, 0.1) is 24.1 Å². The lowest BCUT2D eigenvalue weighted by Gasteiger charge is -2.29. The summed E-state index contributed by atoms with van der Waals surface area (Å²) in [4.78, 5) is 20.4. The van der Waals surface area contributed by atoms with Crippen molar-refractivity contribution in [3.05, 3.63) is 31.0 Å². The van der Waals surface area contributed by atoms with Crippen LogP contribution in [-0.2, 0) is 0 Å². The van der Waals surface area contributed by atoms with Crippen LogP contribution in [0.25, 0.3) is 11.3 Å². The standard InChI is InChI=1S/C18H26N6O/c1-3-13(2)22-18(25)23-15-4-6-16(7-5-15)24-12-14(10-21-24)17-11-19-8-9-20-17/h8-13,15-16H,3-7H2,1-2H3,(H2,22,23,25). The minimum atomic E-state index is -0.0539. The van der Waals surface area contributed by atoms with Gasteiger partial charge >= 0.3 is 6.03 Å². The zero-order valence-electron chi connectivity index (χ0n) is 14.9. The van der Waals surface area contributed by atoms with Crippen LogP contribution in [-0.4, -0.2) is 37.9 Å². The fourth-order valence-corrected chi connectivity index (χ4v) is 3.16. The van der Waals surface area contributed by atoms with Gasteiger partial charge in [0.2, 0.25) is 0 Å². The second-order valence-corrected chi connectivity index (χ2v) is 6.73. The van der Waals surface area contributed by atoms with E-state index in [4.69, 9.17) is 0 Å². The Balaban J connectivity index is 1.51. The molecule has 0 aliphatic heterocycles. The SMILES string of the molecule is CCC(C)NC(=O)NC1CCC(n2cc(-c3cnccn3)cn2)CC1. The summed E-state index contributed by atoms with van der Waals surface area (Å²) in [7, 11) is 0. The highest BCUT2D eigenvalue weighted by Crippen LogP contribution is 2.29. The number of nitrogens with zero attached hydrogens (tertiary/aromatic N) is 4. The van der Waals surface area contributed by atoms with Gasteiger partial charge in [-0.15, -0.1) is 0 Å². The van der Waals surface area contributed by atoms with Crippen LogP contribution in [0.5, 0.6) is 0 Å².